The average molecular weight is 146 g/mol. The van der Waals surface area contributed by atoms with Gasteiger partial charge in [-0.2, -0.15) is 0 Å². The van der Waals surface area contributed by atoms with E-state index < -0.39 is 6.10 Å². The Hall–Kier alpha value is -0.160. The number of rotatable bonds is 0. The van der Waals surface area contributed by atoms with Crippen molar-refractivity contribution in [1.82, 2.24) is 0 Å². The molecular formula is C6H10O4. The van der Waals surface area contributed by atoms with Gasteiger partial charge in [0.25, 0.3) is 0 Å². The summed E-state index contributed by atoms with van der Waals surface area (Å²) >= 11 is 0. The number of aliphatic hydroxyl groups excluding tert-OH is 1. The highest BCUT2D eigenvalue weighted by atomic mass is 16.8. The van der Waals surface area contributed by atoms with Gasteiger partial charge in [-0.3, -0.25) is 0 Å². The fourth-order valence-electron chi connectivity index (χ4n) is 1.28. The zero-order chi connectivity index (χ0) is 7.14. The van der Waals surface area contributed by atoms with Crippen molar-refractivity contribution in [2.75, 3.05) is 6.61 Å². The van der Waals surface area contributed by atoms with Crippen LogP contribution in [0.4, 0.5) is 0 Å². The van der Waals surface area contributed by atoms with Gasteiger partial charge in [0.15, 0.2) is 12.6 Å². The molecule has 0 saturated carbocycles. The highest BCUT2D eigenvalue weighted by Gasteiger charge is 2.44. The summed E-state index contributed by atoms with van der Waals surface area (Å²) in [5.41, 5.74) is 0. The van der Waals surface area contributed by atoms with E-state index in [1.54, 1.807) is 6.92 Å². The first-order valence-corrected chi connectivity index (χ1v) is 3.38. The SMILES string of the molecule is CC1O[C@H]2OC[C@@H](O)[C@H]2O1. The number of ether oxygens (including phenoxy) is 3. The summed E-state index contributed by atoms with van der Waals surface area (Å²) in [6, 6.07) is 0. The molecule has 4 atom stereocenters. The van der Waals surface area contributed by atoms with Gasteiger partial charge in [-0.15, -0.1) is 0 Å². The van der Waals surface area contributed by atoms with E-state index in [0.29, 0.717) is 6.61 Å². The van der Waals surface area contributed by atoms with Gasteiger partial charge >= 0.3 is 0 Å². The normalized spacial score (nSPS) is 53.4. The Balaban J connectivity index is 2.05. The van der Waals surface area contributed by atoms with Crippen LogP contribution in [0.5, 0.6) is 0 Å². The molecule has 10 heavy (non-hydrogen) atoms. The highest BCUT2D eigenvalue weighted by molar-refractivity contribution is 4.82. The summed E-state index contributed by atoms with van der Waals surface area (Å²) in [4.78, 5) is 0. The zero-order valence-electron chi connectivity index (χ0n) is 5.69. The fourth-order valence-corrected chi connectivity index (χ4v) is 1.28. The van der Waals surface area contributed by atoms with E-state index in [1.807, 2.05) is 0 Å². The van der Waals surface area contributed by atoms with Gasteiger partial charge in [0.1, 0.15) is 12.2 Å². The lowest BCUT2D eigenvalue weighted by Crippen LogP contribution is -2.27. The minimum atomic E-state index is -0.519. The van der Waals surface area contributed by atoms with E-state index in [0.717, 1.165) is 0 Å². The molecule has 0 aromatic heterocycles. The molecule has 58 valence electrons. The van der Waals surface area contributed by atoms with E-state index in [2.05, 4.69) is 0 Å². The second-order valence-corrected chi connectivity index (χ2v) is 2.57. The molecular weight excluding hydrogens is 136 g/mol. The van der Waals surface area contributed by atoms with Crippen LogP contribution in [0.25, 0.3) is 0 Å². The second-order valence-electron chi connectivity index (χ2n) is 2.57. The van der Waals surface area contributed by atoms with Crippen molar-refractivity contribution in [2.24, 2.45) is 0 Å². The van der Waals surface area contributed by atoms with Crippen LogP contribution in [0.15, 0.2) is 0 Å². The zero-order valence-corrected chi connectivity index (χ0v) is 5.69. The van der Waals surface area contributed by atoms with Crippen LogP contribution in [0.3, 0.4) is 0 Å². The number of aliphatic hydroxyl groups is 1. The van der Waals surface area contributed by atoms with Crippen molar-refractivity contribution in [3.8, 4) is 0 Å². The Kier molecular flexibility index (Phi) is 1.42. The first kappa shape index (κ1) is 6.54. The van der Waals surface area contributed by atoms with E-state index in [-0.39, 0.29) is 18.7 Å². The molecule has 1 unspecified atom stereocenters. The van der Waals surface area contributed by atoms with E-state index >= 15 is 0 Å². The van der Waals surface area contributed by atoms with Crippen molar-refractivity contribution in [3.05, 3.63) is 0 Å². The molecule has 0 bridgehead atoms. The molecule has 0 amide bonds. The van der Waals surface area contributed by atoms with Crippen LogP contribution < -0.4 is 0 Å². The smallest absolute Gasteiger partial charge is 0.189 e. The Morgan fingerprint density at radius 3 is 2.90 bits per heavy atom. The highest BCUT2D eigenvalue weighted by Crippen LogP contribution is 2.27. The lowest BCUT2D eigenvalue weighted by Gasteiger charge is -2.07. The maximum atomic E-state index is 9.19. The number of hydrogen-bond donors (Lipinski definition) is 1. The van der Waals surface area contributed by atoms with Gasteiger partial charge in [0, 0.05) is 0 Å². The van der Waals surface area contributed by atoms with E-state index in [9.17, 15) is 5.11 Å². The first-order chi connectivity index (χ1) is 4.77. The molecule has 0 spiro atoms. The molecule has 2 saturated heterocycles. The number of fused-ring (bicyclic) bond motifs is 1. The van der Waals surface area contributed by atoms with Crippen LogP contribution in [-0.2, 0) is 14.2 Å². The van der Waals surface area contributed by atoms with Crippen molar-refractivity contribution < 1.29 is 19.3 Å². The van der Waals surface area contributed by atoms with Crippen molar-refractivity contribution in [2.45, 2.75) is 31.7 Å². The Labute approximate surface area is 58.7 Å². The molecule has 0 radical (unpaired) electrons. The van der Waals surface area contributed by atoms with Crippen LogP contribution in [0, 0.1) is 0 Å². The third-order valence-corrected chi connectivity index (χ3v) is 1.75. The minimum absolute atomic E-state index is 0.245. The van der Waals surface area contributed by atoms with E-state index in [1.165, 1.54) is 0 Å². The molecule has 1 N–H and O–H groups in total. The molecule has 2 heterocycles. The quantitative estimate of drug-likeness (QED) is 0.499. The summed E-state index contributed by atoms with van der Waals surface area (Å²) in [7, 11) is 0. The minimum Gasteiger partial charge on any atom is -0.388 e. The largest absolute Gasteiger partial charge is 0.388 e. The van der Waals surface area contributed by atoms with Crippen LogP contribution in [0.1, 0.15) is 6.92 Å². The molecule has 4 nitrogen and oxygen atoms in total. The Morgan fingerprint density at radius 2 is 2.20 bits per heavy atom. The van der Waals surface area contributed by atoms with Crippen LogP contribution in [-0.4, -0.2) is 36.5 Å². The average Bonchev–Trinajstić information content (AvgIpc) is 2.35. The fraction of sp³-hybridized carbons (Fsp3) is 1.00. The maximum Gasteiger partial charge on any atom is 0.189 e. The predicted octanol–water partition coefficient (Wildman–Crippen LogP) is -0.535. The first-order valence-electron chi connectivity index (χ1n) is 3.38. The van der Waals surface area contributed by atoms with Gasteiger partial charge in [0.2, 0.25) is 0 Å². The molecule has 2 aliphatic heterocycles. The van der Waals surface area contributed by atoms with Crippen molar-refractivity contribution >= 4 is 0 Å². The third kappa shape index (κ3) is 0.845. The van der Waals surface area contributed by atoms with Crippen LogP contribution >= 0.6 is 0 Å². The van der Waals surface area contributed by atoms with Crippen molar-refractivity contribution in [1.29, 1.82) is 0 Å². The second kappa shape index (κ2) is 2.17. The molecule has 0 aromatic rings. The summed E-state index contributed by atoms with van der Waals surface area (Å²) in [6.07, 6.45) is -1.38. The van der Waals surface area contributed by atoms with Gasteiger partial charge in [-0.05, 0) is 6.92 Å². The molecule has 2 fully saturated rings. The third-order valence-electron chi connectivity index (χ3n) is 1.75. The van der Waals surface area contributed by atoms with Crippen molar-refractivity contribution in [3.63, 3.8) is 0 Å². The summed E-state index contributed by atoms with van der Waals surface area (Å²) in [5, 5.41) is 9.19. The van der Waals surface area contributed by atoms with Gasteiger partial charge in [-0.25, -0.2) is 0 Å². The molecule has 2 rings (SSSR count). The molecule has 0 aliphatic carbocycles. The summed E-state index contributed by atoms with van der Waals surface area (Å²) < 4.78 is 15.4. The van der Waals surface area contributed by atoms with Gasteiger partial charge in [-0.1, -0.05) is 0 Å². The predicted molar refractivity (Wildman–Crippen MR) is 31.2 cm³/mol. The Bertz CT molecular complexity index is 138. The topological polar surface area (TPSA) is 47.9 Å². The summed E-state index contributed by atoms with van der Waals surface area (Å²) in [5.74, 6) is 0. The lowest BCUT2D eigenvalue weighted by atomic mass is 10.2. The van der Waals surface area contributed by atoms with Crippen LogP contribution in [0.2, 0.25) is 0 Å². The standard InChI is InChI=1S/C6H10O4/c1-3-9-5-4(7)2-8-6(5)10-3/h3-7H,2H2,1H3/t3?,4-,5-,6-/m1/s1. The molecule has 4 heteroatoms. The van der Waals surface area contributed by atoms with E-state index in [4.69, 9.17) is 14.2 Å². The Morgan fingerprint density at radius 1 is 1.40 bits per heavy atom. The summed E-state index contributed by atoms with van der Waals surface area (Å²) in [6.45, 7) is 2.11. The molecule has 0 aromatic carbocycles. The van der Waals surface area contributed by atoms with Gasteiger partial charge in [0.05, 0.1) is 6.61 Å². The monoisotopic (exact) mass is 146 g/mol. The number of hydrogen-bond acceptors (Lipinski definition) is 4. The molecule has 2 aliphatic rings. The lowest BCUT2D eigenvalue weighted by molar-refractivity contribution is -0.137. The maximum absolute atomic E-state index is 9.19. The van der Waals surface area contributed by atoms with Gasteiger partial charge < -0.3 is 19.3 Å².